The Morgan fingerprint density at radius 3 is 2.12 bits per heavy atom. The fourth-order valence-electron chi connectivity index (χ4n) is 3.81. The Labute approximate surface area is 205 Å². The van der Waals surface area contributed by atoms with Crippen molar-refractivity contribution in [1.29, 1.82) is 5.41 Å². The average molecular weight is 487 g/mol. The molecule has 184 valence electrons. The Morgan fingerprint density at radius 2 is 1.50 bits per heavy atom. The molecule has 3 rings (SSSR count). The highest BCUT2D eigenvalue weighted by Crippen LogP contribution is 2.48. The molecule has 0 aromatic heterocycles. The summed E-state index contributed by atoms with van der Waals surface area (Å²) >= 11 is 1.18. The van der Waals surface area contributed by atoms with Crippen LogP contribution in [0.25, 0.3) is 0 Å². The number of hydrogen-bond acceptors (Lipinski definition) is 6. The van der Waals surface area contributed by atoms with Gasteiger partial charge >= 0.3 is 0 Å². The summed E-state index contributed by atoms with van der Waals surface area (Å²) in [4.78, 5) is 5.07. The number of hydrogen-bond donors (Lipinski definition) is 3. The third-order valence-electron chi connectivity index (χ3n) is 5.65. The second-order valence-electron chi connectivity index (χ2n) is 8.36. The molecule has 8 heteroatoms. The van der Waals surface area contributed by atoms with E-state index < -0.39 is 5.82 Å². The lowest BCUT2D eigenvalue weighted by molar-refractivity contribution is 0.275. The summed E-state index contributed by atoms with van der Waals surface area (Å²) < 4.78 is 28.1. The number of nitrogen functional groups attached to an aromatic ring is 1. The van der Waals surface area contributed by atoms with E-state index in [-0.39, 0.29) is 27.9 Å². The van der Waals surface area contributed by atoms with Crippen LogP contribution in [0, 0.1) is 11.2 Å². The van der Waals surface area contributed by atoms with Crippen LogP contribution < -0.4 is 20.9 Å². The monoisotopic (exact) mass is 486 g/mol. The summed E-state index contributed by atoms with van der Waals surface area (Å²) in [6.45, 7) is 5.05. The molecule has 0 fully saturated rings. The van der Waals surface area contributed by atoms with Crippen LogP contribution in [0.1, 0.15) is 76.3 Å². The summed E-state index contributed by atoms with van der Waals surface area (Å²) in [5.41, 5.74) is 13.6. The van der Waals surface area contributed by atoms with Gasteiger partial charge in [0.05, 0.1) is 29.2 Å². The fraction of sp³-hybridized carbons (Fsp3) is 0.462. The molecule has 1 aliphatic rings. The minimum Gasteiger partial charge on any atom is -0.491 e. The predicted molar refractivity (Wildman–Crippen MR) is 138 cm³/mol. The molecule has 0 unspecified atom stereocenters. The largest absolute Gasteiger partial charge is 0.491 e. The molecule has 5 N–H and O–H groups in total. The van der Waals surface area contributed by atoms with Gasteiger partial charge in [0, 0.05) is 10.6 Å². The molecule has 1 heterocycles. The van der Waals surface area contributed by atoms with Crippen LogP contribution >= 0.6 is 11.8 Å². The van der Waals surface area contributed by atoms with E-state index >= 15 is 4.39 Å². The summed E-state index contributed by atoms with van der Waals surface area (Å²) in [7, 11) is 0. The van der Waals surface area contributed by atoms with Crippen molar-refractivity contribution >= 4 is 29.1 Å². The lowest BCUT2D eigenvalue weighted by atomic mass is 10.0. The van der Waals surface area contributed by atoms with Crippen molar-refractivity contribution in [3.05, 3.63) is 41.2 Å². The van der Waals surface area contributed by atoms with Crippen LogP contribution in [0.4, 0.5) is 10.1 Å². The maximum atomic E-state index is 16.1. The van der Waals surface area contributed by atoms with E-state index in [9.17, 15) is 0 Å². The van der Waals surface area contributed by atoms with Gasteiger partial charge < -0.3 is 20.9 Å². The molecule has 2 aromatic rings. The molecular formula is C26H35FN4O2S. The Bertz CT molecular complexity index is 1040. The van der Waals surface area contributed by atoms with Gasteiger partial charge in [-0.3, -0.25) is 5.41 Å². The molecule has 0 bridgehead atoms. The van der Waals surface area contributed by atoms with E-state index in [4.69, 9.17) is 26.4 Å². The third-order valence-corrected chi connectivity index (χ3v) is 6.81. The van der Waals surface area contributed by atoms with Gasteiger partial charge in [-0.05, 0) is 25.0 Å². The number of unbranched alkanes of at least 4 members (excludes halogenated alkanes) is 6. The fourth-order valence-corrected chi connectivity index (χ4v) is 4.80. The molecule has 0 amide bonds. The number of aliphatic imine (C=N–C) groups is 1. The van der Waals surface area contributed by atoms with Gasteiger partial charge in [-0.25, -0.2) is 9.38 Å². The summed E-state index contributed by atoms with van der Waals surface area (Å²) in [6, 6.07) is 7.30. The smallest absolute Gasteiger partial charge is 0.183 e. The highest BCUT2D eigenvalue weighted by atomic mass is 32.2. The first-order valence-electron chi connectivity index (χ1n) is 12.1. The van der Waals surface area contributed by atoms with Gasteiger partial charge in [-0.1, -0.05) is 76.3 Å². The SMILES string of the molecule is CCCCCCOc1c(F)c(Sc2ccccc2N)c(OCCCCCC)c2c1C(=N)N=C2N. The molecule has 0 aliphatic carbocycles. The topological polar surface area (TPSA) is 107 Å². The molecule has 0 saturated carbocycles. The average Bonchev–Trinajstić information content (AvgIpc) is 3.11. The Balaban J connectivity index is 2.03. The van der Waals surface area contributed by atoms with Gasteiger partial charge in [0.25, 0.3) is 0 Å². The molecule has 1 aliphatic heterocycles. The highest BCUT2D eigenvalue weighted by Gasteiger charge is 2.34. The van der Waals surface area contributed by atoms with Gasteiger partial charge in [0.2, 0.25) is 0 Å². The number of amidine groups is 2. The number of rotatable bonds is 14. The zero-order valence-electron chi connectivity index (χ0n) is 20.1. The van der Waals surface area contributed by atoms with E-state index in [1.165, 1.54) is 11.8 Å². The molecule has 2 aromatic carbocycles. The minimum atomic E-state index is -0.569. The Morgan fingerprint density at radius 1 is 0.882 bits per heavy atom. The minimum absolute atomic E-state index is 0.0102. The lowest BCUT2D eigenvalue weighted by Crippen LogP contribution is -2.16. The number of nitrogens with zero attached hydrogens (tertiary/aromatic N) is 1. The number of fused-ring (bicyclic) bond motifs is 1. The Kier molecular flexibility index (Phi) is 9.62. The Hall–Kier alpha value is -2.74. The third kappa shape index (κ3) is 6.03. The van der Waals surface area contributed by atoms with E-state index in [2.05, 4.69) is 18.8 Å². The number of ether oxygens (including phenoxy) is 2. The predicted octanol–water partition coefficient (Wildman–Crippen LogP) is 6.52. The molecule has 0 spiro atoms. The normalized spacial score (nSPS) is 12.6. The number of nitrogens with one attached hydrogen (secondary N) is 1. The number of benzene rings is 2. The molecule has 0 atom stereocenters. The molecule has 34 heavy (non-hydrogen) atoms. The van der Waals surface area contributed by atoms with Crippen molar-refractivity contribution < 1.29 is 13.9 Å². The summed E-state index contributed by atoms with van der Waals surface area (Å²) in [6.07, 6.45) is 8.07. The summed E-state index contributed by atoms with van der Waals surface area (Å²) in [5.74, 6) is -0.223. The van der Waals surface area contributed by atoms with Crippen LogP contribution in [0.5, 0.6) is 11.5 Å². The van der Waals surface area contributed by atoms with Crippen LogP contribution in [-0.2, 0) is 0 Å². The van der Waals surface area contributed by atoms with Crippen molar-refractivity contribution in [3.63, 3.8) is 0 Å². The van der Waals surface area contributed by atoms with Crippen molar-refractivity contribution in [1.82, 2.24) is 0 Å². The number of nitrogens with two attached hydrogens (primary N) is 2. The first-order valence-corrected chi connectivity index (χ1v) is 12.9. The maximum Gasteiger partial charge on any atom is 0.183 e. The zero-order valence-corrected chi connectivity index (χ0v) is 20.9. The van der Waals surface area contributed by atoms with Crippen LogP contribution in [-0.4, -0.2) is 24.9 Å². The first-order chi connectivity index (χ1) is 16.5. The van der Waals surface area contributed by atoms with Crippen LogP contribution in [0.3, 0.4) is 0 Å². The van der Waals surface area contributed by atoms with Crippen molar-refractivity contribution in [2.24, 2.45) is 10.7 Å². The number of para-hydroxylation sites is 1. The highest BCUT2D eigenvalue weighted by molar-refractivity contribution is 7.99. The van der Waals surface area contributed by atoms with Crippen molar-refractivity contribution in [2.75, 3.05) is 18.9 Å². The molecule has 6 nitrogen and oxygen atoms in total. The van der Waals surface area contributed by atoms with Crippen LogP contribution in [0.15, 0.2) is 39.0 Å². The maximum absolute atomic E-state index is 16.1. The zero-order chi connectivity index (χ0) is 24.5. The number of halogens is 1. The second kappa shape index (κ2) is 12.6. The second-order valence-corrected chi connectivity index (χ2v) is 9.41. The molecular weight excluding hydrogens is 451 g/mol. The van der Waals surface area contributed by atoms with E-state index in [0.717, 1.165) is 51.4 Å². The van der Waals surface area contributed by atoms with E-state index in [1.807, 2.05) is 18.2 Å². The van der Waals surface area contributed by atoms with E-state index in [1.54, 1.807) is 6.07 Å². The summed E-state index contributed by atoms with van der Waals surface area (Å²) in [5, 5.41) is 8.34. The number of anilines is 1. The van der Waals surface area contributed by atoms with Crippen molar-refractivity contribution in [2.45, 2.75) is 75.0 Å². The molecule has 0 saturated heterocycles. The first kappa shape index (κ1) is 25.9. The standard InChI is InChI=1S/C26H35FN4O2S/c1-3-5-7-11-15-32-22-19-20(26(30)31-25(19)29)23(33-16-12-8-6-4-2)24(21(22)27)34-18-14-10-9-13-17(18)28/h9-10,13-14H,3-8,11-12,15-16,28H2,1-2H3,(H3,29,30,31). The van der Waals surface area contributed by atoms with Crippen LogP contribution in [0.2, 0.25) is 0 Å². The van der Waals surface area contributed by atoms with Gasteiger partial charge in [0.1, 0.15) is 11.6 Å². The molecule has 0 radical (unpaired) electrons. The van der Waals surface area contributed by atoms with Gasteiger partial charge in [-0.15, -0.1) is 0 Å². The van der Waals surface area contributed by atoms with E-state index in [0.29, 0.717) is 35.1 Å². The quantitative estimate of drug-likeness (QED) is 0.208. The van der Waals surface area contributed by atoms with Gasteiger partial charge in [-0.2, -0.15) is 0 Å². The van der Waals surface area contributed by atoms with Gasteiger partial charge in [0.15, 0.2) is 17.4 Å². The lowest BCUT2D eigenvalue weighted by Gasteiger charge is -2.20. The van der Waals surface area contributed by atoms with Crippen molar-refractivity contribution in [3.8, 4) is 11.5 Å².